The molecule has 3 unspecified atom stereocenters. The predicted molar refractivity (Wildman–Crippen MR) is 85.0 cm³/mol. The summed E-state index contributed by atoms with van der Waals surface area (Å²) in [5, 5.41) is 3.77. The summed E-state index contributed by atoms with van der Waals surface area (Å²) >= 11 is 0. The predicted octanol–water partition coefficient (Wildman–Crippen LogP) is 3.45. The lowest BCUT2D eigenvalue weighted by molar-refractivity contribution is 0.553. The first-order valence-corrected chi connectivity index (χ1v) is 8.81. The fourth-order valence-corrected chi connectivity index (χ4v) is 2.50. The molecule has 19 heavy (non-hydrogen) atoms. The number of hydrogen-bond acceptors (Lipinski definition) is 2. The number of nitrogens with one attached hydrogen (secondary N) is 1. The molecule has 0 fully saturated rings. The van der Waals surface area contributed by atoms with E-state index in [-0.39, 0.29) is 5.25 Å². The standard InChI is InChI=1S/C16H27NOS/c1-5-6-15-7-9-16(10-8-15)14(3)17-12-11-13(2)19(4)18/h7-10,13-14,17H,5-6,11-12H2,1-4H3. The van der Waals surface area contributed by atoms with Crippen LogP contribution < -0.4 is 5.32 Å². The molecule has 0 aliphatic heterocycles. The Morgan fingerprint density at radius 1 is 1.21 bits per heavy atom. The van der Waals surface area contributed by atoms with Crippen LogP contribution in [0.15, 0.2) is 24.3 Å². The summed E-state index contributed by atoms with van der Waals surface area (Å²) in [7, 11) is -0.715. The molecular formula is C16H27NOS. The Morgan fingerprint density at radius 2 is 1.84 bits per heavy atom. The fourth-order valence-electron chi connectivity index (χ4n) is 2.05. The van der Waals surface area contributed by atoms with E-state index in [9.17, 15) is 4.21 Å². The van der Waals surface area contributed by atoms with Gasteiger partial charge >= 0.3 is 0 Å². The van der Waals surface area contributed by atoms with Crippen LogP contribution in [0.4, 0.5) is 0 Å². The zero-order valence-electron chi connectivity index (χ0n) is 12.6. The van der Waals surface area contributed by atoms with E-state index >= 15 is 0 Å². The first kappa shape index (κ1) is 16.4. The lowest BCUT2D eigenvalue weighted by Gasteiger charge is -2.16. The van der Waals surface area contributed by atoms with E-state index in [1.54, 1.807) is 6.26 Å². The second-order valence-electron chi connectivity index (χ2n) is 5.27. The average Bonchev–Trinajstić information content (AvgIpc) is 2.39. The SMILES string of the molecule is CCCc1ccc(C(C)NCCC(C)S(C)=O)cc1. The summed E-state index contributed by atoms with van der Waals surface area (Å²) in [4.78, 5) is 0. The fraction of sp³-hybridized carbons (Fsp3) is 0.625. The molecule has 1 aromatic rings. The molecule has 0 heterocycles. The van der Waals surface area contributed by atoms with Crippen LogP contribution in [-0.4, -0.2) is 22.3 Å². The minimum Gasteiger partial charge on any atom is -0.310 e. The molecule has 1 N–H and O–H groups in total. The lowest BCUT2D eigenvalue weighted by Crippen LogP contribution is -2.24. The first-order chi connectivity index (χ1) is 9.04. The van der Waals surface area contributed by atoms with Gasteiger partial charge in [0.25, 0.3) is 0 Å². The minimum atomic E-state index is -0.715. The Balaban J connectivity index is 2.40. The molecule has 3 atom stereocenters. The largest absolute Gasteiger partial charge is 0.310 e. The molecule has 3 heteroatoms. The van der Waals surface area contributed by atoms with E-state index in [2.05, 4.69) is 43.4 Å². The molecule has 0 amide bonds. The van der Waals surface area contributed by atoms with Gasteiger partial charge < -0.3 is 5.32 Å². The monoisotopic (exact) mass is 281 g/mol. The van der Waals surface area contributed by atoms with Crippen molar-refractivity contribution in [2.45, 2.75) is 51.3 Å². The van der Waals surface area contributed by atoms with E-state index in [0.717, 1.165) is 19.4 Å². The molecule has 0 aliphatic rings. The molecule has 1 rings (SSSR count). The Bertz CT molecular complexity index is 388. The normalized spacial score (nSPS) is 16.0. The molecule has 0 saturated carbocycles. The lowest BCUT2D eigenvalue weighted by atomic mass is 10.0. The molecular weight excluding hydrogens is 254 g/mol. The zero-order chi connectivity index (χ0) is 14.3. The summed E-state index contributed by atoms with van der Waals surface area (Å²) in [6.07, 6.45) is 5.09. The second-order valence-corrected chi connectivity index (χ2v) is 7.07. The van der Waals surface area contributed by atoms with Crippen LogP contribution in [-0.2, 0) is 17.2 Å². The molecule has 2 nitrogen and oxygen atoms in total. The molecule has 108 valence electrons. The number of hydrogen-bond donors (Lipinski definition) is 1. The molecule has 0 spiro atoms. The van der Waals surface area contributed by atoms with Gasteiger partial charge in [-0.2, -0.15) is 0 Å². The van der Waals surface area contributed by atoms with E-state index < -0.39 is 10.8 Å². The van der Waals surface area contributed by atoms with Crippen LogP contribution in [0.25, 0.3) is 0 Å². The molecule has 0 bridgehead atoms. The third-order valence-electron chi connectivity index (χ3n) is 3.59. The molecule has 1 aromatic carbocycles. The van der Waals surface area contributed by atoms with Gasteiger partial charge in [0.1, 0.15) is 0 Å². The smallest absolute Gasteiger partial charge is 0.0329 e. The third-order valence-corrected chi connectivity index (χ3v) is 4.96. The van der Waals surface area contributed by atoms with Crippen LogP contribution in [0.2, 0.25) is 0 Å². The van der Waals surface area contributed by atoms with Crippen molar-refractivity contribution in [3.63, 3.8) is 0 Å². The van der Waals surface area contributed by atoms with Gasteiger partial charge in [-0.25, -0.2) is 0 Å². The van der Waals surface area contributed by atoms with Crippen molar-refractivity contribution in [1.82, 2.24) is 5.32 Å². The maximum Gasteiger partial charge on any atom is 0.0329 e. The average molecular weight is 281 g/mol. The van der Waals surface area contributed by atoms with Gasteiger partial charge in [0.15, 0.2) is 0 Å². The summed E-state index contributed by atoms with van der Waals surface area (Å²) in [5.74, 6) is 0. The van der Waals surface area contributed by atoms with Crippen LogP contribution in [0.5, 0.6) is 0 Å². The van der Waals surface area contributed by atoms with Crippen molar-refractivity contribution in [2.75, 3.05) is 12.8 Å². The van der Waals surface area contributed by atoms with Gasteiger partial charge in [-0.05, 0) is 37.4 Å². The maximum atomic E-state index is 11.3. The van der Waals surface area contributed by atoms with Gasteiger partial charge in [-0.1, -0.05) is 44.5 Å². The van der Waals surface area contributed by atoms with E-state index in [0.29, 0.717) is 6.04 Å². The van der Waals surface area contributed by atoms with Gasteiger partial charge in [0, 0.05) is 28.3 Å². The highest BCUT2D eigenvalue weighted by Gasteiger charge is 2.08. The topological polar surface area (TPSA) is 29.1 Å². The van der Waals surface area contributed by atoms with Crippen molar-refractivity contribution in [3.8, 4) is 0 Å². The van der Waals surface area contributed by atoms with Crippen LogP contribution >= 0.6 is 0 Å². The molecule has 0 aromatic heterocycles. The molecule has 0 aliphatic carbocycles. The van der Waals surface area contributed by atoms with Crippen molar-refractivity contribution < 1.29 is 4.21 Å². The van der Waals surface area contributed by atoms with E-state index in [1.165, 1.54) is 17.5 Å². The number of aryl methyl sites for hydroxylation is 1. The Hall–Kier alpha value is -0.670. The zero-order valence-corrected chi connectivity index (χ0v) is 13.4. The van der Waals surface area contributed by atoms with Crippen molar-refractivity contribution in [1.29, 1.82) is 0 Å². The van der Waals surface area contributed by atoms with Crippen LogP contribution in [0, 0.1) is 0 Å². The van der Waals surface area contributed by atoms with Crippen molar-refractivity contribution >= 4 is 10.8 Å². The van der Waals surface area contributed by atoms with Gasteiger partial charge in [-0.15, -0.1) is 0 Å². The Morgan fingerprint density at radius 3 is 2.37 bits per heavy atom. The van der Waals surface area contributed by atoms with Gasteiger partial charge in [-0.3, -0.25) is 4.21 Å². The summed E-state index contributed by atoms with van der Waals surface area (Å²) in [6.45, 7) is 7.35. The first-order valence-electron chi connectivity index (χ1n) is 7.19. The quantitative estimate of drug-likeness (QED) is 0.791. The van der Waals surface area contributed by atoms with Gasteiger partial charge in [0.2, 0.25) is 0 Å². The summed E-state index contributed by atoms with van der Waals surface area (Å²) in [5.41, 5.74) is 2.73. The van der Waals surface area contributed by atoms with E-state index in [4.69, 9.17) is 0 Å². The molecule has 0 saturated heterocycles. The highest BCUT2D eigenvalue weighted by atomic mass is 32.2. The van der Waals surface area contributed by atoms with Gasteiger partial charge in [0.05, 0.1) is 0 Å². The summed E-state index contributed by atoms with van der Waals surface area (Å²) in [6, 6.07) is 9.23. The summed E-state index contributed by atoms with van der Waals surface area (Å²) < 4.78 is 11.3. The van der Waals surface area contributed by atoms with Crippen LogP contribution in [0.3, 0.4) is 0 Å². The second kappa shape index (κ2) is 8.49. The minimum absolute atomic E-state index is 0.270. The third kappa shape index (κ3) is 5.87. The number of benzene rings is 1. The van der Waals surface area contributed by atoms with Crippen molar-refractivity contribution in [2.24, 2.45) is 0 Å². The Labute approximate surface area is 120 Å². The molecule has 0 radical (unpaired) electrons. The number of rotatable bonds is 8. The maximum absolute atomic E-state index is 11.3. The van der Waals surface area contributed by atoms with Crippen molar-refractivity contribution in [3.05, 3.63) is 35.4 Å². The Kier molecular flexibility index (Phi) is 7.32. The highest BCUT2D eigenvalue weighted by Crippen LogP contribution is 2.14. The highest BCUT2D eigenvalue weighted by molar-refractivity contribution is 7.84. The van der Waals surface area contributed by atoms with E-state index in [1.807, 2.05) is 6.92 Å². The van der Waals surface area contributed by atoms with Crippen LogP contribution in [0.1, 0.15) is 50.8 Å².